The summed E-state index contributed by atoms with van der Waals surface area (Å²) in [7, 11) is 0. The van der Waals surface area contributed by atoms with Crippen LogP contribution < -0.4 is 15.2 Å². The van der Waals surface area contributed by atoms with Gasteiger partial charge in [-0.15, -0.1) is 0 Å². The molecule has 1 saturated carbocycles. The summed E-state index contributed by atoms with van der Waals surface area (Å²) in [4.78, 5) is 50.6. The van der Waals surface area contributed by atoms with Crippen LogP contribution in [0.15, 0.2) is 18.2 Å². The van der Waals surface area contributed by atoms with Crippen molar-refractivity contribution < 1.29 is 38.5 Å². The molecule has 2 atom stereocenters. The molecular weight excluding hydrogens is 514 g/mol. The molecule has 1 aromatic rings. The topological polar surface area (TPSA) is 142 Å². The summed E-state index contributed by atoms with van der Waals surface area (Å²) in [6.45, 7) is 12.4. The van der Waals surface area contributed by atoms with Crippen LogP contribution in [0.5, 0.6) is 11.5 Å². The number of rotatable bonds is 13. The van der Waals surface area contributed by atoms with E-state index in [1.54, 1.807) is 40.7 Å². The maximum absolute atomic E-state index is 12.9. The Morgan fingerprint density at radius 1 is 0.925 bits per heavy atom. The van der Waals surface area contributed by atoms with Crippen molar-refractivity contribution in [2.45, 2.75) is 118 Å². The lowest BCUT2D eigenvalue weighted by Crippen LogP contribution is -2.52. The van der Waals surface area contributed by atoms with Crippen LogP contribution in [0.1, 0.15) is 105 Å². The summed E-state index contributed by atoms with van der Waals surface area (Å²) < 4.78 is 16.9. The zero-order chi connectivity index (χ0) is 30.3. The minimum absolute atomic E-state index is 0.00814. The van der Waals surface area contributed by atoms with Crippen molar-refractivity contribution in [3.63, 3.8) is 0 Å². The Morgan fingerprint density at radius 3 is 1.95 bits per heavy atom. The van der Waals surface area contributed by atoms with E-state index in [-0.39, 0.29) is 36.2 Å². The summed E-state index contributed by atoms with van der Waals surface area (Å²) >= 11 is 0. The fourth-order valence-corrected chi connectivity index (χ4v) is 4.38. The van der Waals surface area contributed by atoms with Crippen molar-refractivity contribution in [2.75, 3.05) is 0 Å². The highest BCUT2D eigenvalue weighted by Gasteiger charge is 2.38. The predicted molar refractivity (Wildman–Crippen MR) is 151 cm³/mol. The van der Waals surface area contributed by atoms with Gasteiger partial charge in [0.25, 0.3) is 0 Å². The Bertz CT molecular complexity index is 1070. The maximum atomic E-state index is 12.9. The minimum Gasteiger partial charge on any atom is -0.480 e. The third-order valence-corrected chi connectivity index (χ3v) is 8.14. The molecule has 0 aromatic heterocycles. The Hall–Kier alpha value is -2.94. The number of aliphatic carboxylic acids is 1. The van der Waals surface area contributed by atoms with Gasteiger partial charge in [-0.1, -0.05) is 39.2 Å². The first-order chi connectivity index (χ1) is 18.5. The molecule has 40 heavy (non-hydrogen) atoms. The van der Waals surface area contributed by atoms with Crippen LogP contribution >= 0.6 is 0 Å². The zero-order valence-electron chi connectivity index (χ0n) is 25.1. The molecule has 1 aliphatic carbocycles. The number of benzene rings is 1. The van der Waals surface area contributed by atoms with Crippen molar-refractivity contribution in [1.29, 1.82) is 0 Å². The van der Waals surface area contributed by atoms with Gasteiger partial charge in [0, 0.05) is 12.8 Å². The van der Waals surface area contributed by atoms with Crippen LogP contribution in [0.3, 0.4) is 0 Å². The Kier molecular flexibility index (Phi) is 11.3. The van der Waals surface area contributed by atoms with E-state index in [0.717, 1.165) is 32.1 Å². The predicted octanol–water partition coefficient (Wildman–Crippen LogP) is 5.60. The number of ether oxygens (including phenoxy) is 3. The second-order valence-corrected chi connectivity index (χ2v) is 12.5. The first kappa shape index (κ1) is 33.3. The smallest absolute Gasteiger partial charge is 0.324 e. The molecule has 1 unspecified atom stereocenters. The number of nitrogens with two attached hydrogens (primary N) is 1. The van der Waals surface area contributed by atoms with Crippen molar-refractivity contribution in [2.24, 2.45) is 22.5 Å². The highest BCUT2D eigenvalue weighted by Crippen LogP contribution is 2.35. The molecule has 9 nitrogen and oxygen atoms in total. The molecule has 1 aromatic carbocycles. The molecular formula is C31H47NO8. The third-order valence-electron chi connectivity index (χ3n) is 8.14. The van der Waals surface area contributed by atoms with E-state index in [1.807, 2.05) is 13.8 Å². The first-order valence-corrected chi connectivity index (χ1v) is 14.3. The SMILES string of the molecule is CCC(C)(C)C(=O)Oc1ccc(CC(N)(C[C@H](C)OC(=O)C2CCCCC2)C(=O)O)cc1OC(=O)C(C)(C)CC. The number of esters is 3. The van der Waals surface area contributed by atoms with E-state index < -0.39 is 40.4 Å². The fraction of sp³-hybridized carbons (Fsp3) is 0.677. The standard InChI is InChI=1S/C31H47NO8/c1-8-29(4,5)27(36)39-23-16-15-21(17-24(23)40-28(37)30(6,7)9-2)19-31(32,26(34)35)18-20(3)38-25(33)22-13-11-10-12-14-22/h15-17,20,22H,8-14,18-19,32H2,1-7H3,(H,34,35)/t20-,31?/m0/s1. The Balaban J connectivity index is 2.31. The molecule has 0 spiro atoms. The van der Waals surface area contributed by atoms with Gasteiger partial charge in [0.05, 0.1) is 16.7 Å². The molecule has 224 valence electrons. The molecule has 2 rings (SSSR count). The molecule has 0 bridgehead atoms. The lowest BCUT2D eigenvalue weighted by Gasteiger charge is -2.29. The van der Waals surface area contributed by atoms with Gasteiger partial charge in [0.15, 0.2) is 11.5 Å². The lowest BCUT2D eigenvalue weighted by molar-refractivity contribution is -0.158. The molecule has 9 heteroatoms. The number of carbonyl (C=O) groups is 4. The molecule has 0 radical (unpaired) electrons. The molecule has 0 aliphatic heterocycles. The highest BCUT2D eigenvalue weighted by molar-refractivity contribution is 5.82. The quantitative estimate of drug-likeness (QED) is 0.232. The second kappa shape index (κ2) is 13.6. The average Bonchev–Trinajstić information content (AvgIpc) is 2.90. The molecule has 0 saturated heterocycles. The normalized spacial score (nSPS) is 16.9. The summed E-state index contributed by atoms with van der Waals surface area (Å²) in [6.07, 6.45) is 4.72. The summed E-state index contributed by atoms with van der Waals surface area (Å²) in [5.41, 5.74) is 3.52. The van der Waals surface area contributed by atoms with Crippen LogP contribution in [-0.2, 0) is 30.3 Å². The van der Waals surface area contributed by atoms with Gasteiger partial charge in [0.2, 0.25) is 0 Å². The number of carbonyl (C=O) groups excluding carboxylic acids is 3. The minimum atomic E-state index is -1.77. The molecule has 0 heterocycles. The van der Waals surface area contributed by atoms with Crippen LogP contribution in [0.2, 0.25) is 0 Å². The van der Waals surface area contributed by atoms with Gasteiger partial charge in [-0.25, -0.2) is 0 Å². The first-order valence-electron chi connectivity index (χ1n) is 14.3. The zero-order valence-corrected chi connectivity index (χ0v) is 25.1. The van der Waals surface area contributed by atoms with Crippen molar-refractivity contribution in [3.8, 4) is 11.5 Å². The van der Waals surface area contributed by atoms with Crippen LogP contribution in [0.25, 0.3) is 0 Å². The molecule has 1 aliphatic rings. The summed E-state index contributed by atoms with van der Waals surface area (Å²) in [6, 6.07) is 4.55. The number of carboxylic acids is 1. The van der Waals surface area contributed by atoms with Crippen molar-refractivity contribution >= 4 is 23.9 Å². The largest absolute Gasteiger partial charge is 0.480 e. The third kappa shape index (κ3) is 8.78. The van der Waals surface area contributed by atoms with E-state index in [2.05, 4.69) is 0 Å². The van der Waals surface area contributed by atoms with E-state index in [9.17, 15) is 24.3 Å². The summed E-state index contributed by atoms with van der Waals surface area (Å²) in [5.74, 6) is -2.66. The van der Waals surface area contributed by atoms with Crippen molar-refractivity contribution in [3.05, 3.63) is 23.8 Å². The average molecular weight is 562 g/mol. The van der Waals surface area contributed by atoms with E-state index in [1.165, 1.54) is 12.1 Å². The lowest BCUT2D eigenvalue weighted by atomic mass is 9.86. The Morgan fingerprint density at radius 2 is 1.45 bits per heavy atom. The van der Waals surface area contributed by atoms with Crippen LogP contribution in [0, 0.1) is 16.7 Å². The van der Waals surface area contributed by atoms with Crippen LogP contribution in [-0.4, -0.2) is 40.6 Å². The van der Waals surface area contributed by atoms with Crippen LogP contribution in [0.4, 0.5) is 0 Å². The molecule has 0 amide bonds. The Labute approximate surface area is 238 Å². The number of hydrogen-bond acceptors (Lipinski definition) is 8. The van der Waals surface area contributed by atoms with Gasteiger partial charge in [0.1, 0.15) is 11.6 Å². The van der Waals surface area contributed by atoms with Gasteiger partial charge in [-0.3, -0.25) is 19.2 Å². The van der Waals surface area contributed by atoms with E-state index >= 15 is 0 Å². The van der Waals surface area contributed by atoms with E-state index in [4.69, 9.17) is 19.9 Å². The van der Waals surface area contributed by atoms with E-state index in [0.29, 0.717) is 18.4 Å². The van der Waals surface area contributed by atoms with Crippen molar-refractivity contribution in [1.82, 2.24) is 0 Å². The second-order valence-electron chi connectivity index (χ2n) is 12.5. The molecule has 3 N–H and O–H groups in total. The monoisotopic (exact) mass is 561 g/mol. The van der Waals surface area contributed by atoms with Gasteiger partial charge >= 0.3 is 23.9 Å². The maximum Gasteiger partial charge on any atom is 0.324 e. The van der Waals surface area contributed by atoms with Gasteiger partial charge in [-0.05, 0) is 78.0 Å². The summed E-state index contributed by atoms with van der Waals surface area (Å²) in [5, 5.41) is 10.0. The number of carboxylic acid groups (broad SMARTS) is 1. The highest BCUT2D eigenvalue weighted by atomic mass is 16.6. The van der Waals surface area contributed by atoms with Gasteiger partial charge < -0.3 is 25.1 Å². The number of hydrogen-bond donors (Lipinski definition) is 2. The molecule has 1 fully saturated rings. The fourth-order valence-electron chi connectivity index (χ4n) is 4.38. The van der Waals surface area contributed by atoms with Gasteiger partial charge in [-0.2, -0.15) is 0 Å².